The summed E-state index contributed by atoms with van der Waals surface area (Å²) in [5.74, 6) is -0.422. The van der Waals surface area contributed by atoms with E-state index in [1.165, 1.54) is 57.8 Å². The summed E-state index contributed by atoms with van der Waals surface area (Å²) in [5, 5.41) is 9.26. The van der Waals surface area contributed by atoms with Crippen LogP contribution in [0.1, 0.15) is 155 Å². The molecule has 0 aromatic rings. The molecule has 0 spiro atoms. The molecule has 0 fully saturated rings. The van der Waals surface area contributed by atoms with Gasteiger partial charge < -0.3 is 25.2 Å². The smallest absolute Gasteiger partial charge is 0.472 e. The summed E-state index contributed by atoms with van der Waals surface area (Å²) in [5.41, 5.74) is 5.35. The Balaban J connectivity index is 4.25. The molecule has 0 aliphatic heterocycles. The molecule has 0 heterocycles. The molecular weight excluding hydrogens is 689 g/mol. The van der Waals surface area contributed by atoms with Gasteiger partial charge in [-0.05, 0) is 103 Å². The van der Waals surface area contributed by atoms with Crippen molar-refractivity contribution in [3.8, 4) is 0 Å². The van der Waals surface area contributed by atoms with Gasteiger partial charge >= 0.3 is 13.8 Å². The van der Waals surface area contributed by atoms with Crippen molar-refractivity contribution in [2.75, 3.05) is 26.4 Å². The van der Waals surface area contributed by atoms with E-state index in [4.69, 9.17) is 24.3 Å². The maximum atomic E-state index is 12.5. The molecule has 0 saturated carbocycles. The van der Waals surface area contributed by atoms with Crippen molar-refractivity contribution >= 4 is 13.8 Å². The van der Waals surface area contributed by atoms with Gasteiger partial charge in [0.2, 0.25) is 0 Å². The summed E-state index contributed by atoms with van der Waals surface area (Å²) < 4.78 is 33.0. The first-order valence-electron chi connectivity index (χ1n) is 20.5. The van der Waals surface area contributed by atoms with Gasteiger partial charge in [0, 0.05) is 13.0 Å². The fourth-order valence-electron chi connectivity index (χ4n) is 5.14. The van der Waals surface area contributed by atoms with Gasteiger partial charge in [-0.2, -0.15) is 0 Å². The second-order valence-electron chi connectivity index (χ2n) is 13.5. The van der Waals surface area contributed by atoms with Gasteiger partial charge in [0.1, 0.15) is 6.61 Å². The number of aliphatic hydroxyl groups is 1. The molecule has 0 amide bonds. The molecule has 0 radical (unpaired) electrons. The lowest BCUT2D eigenvalue weighted by atomic mass is 10.1. The first-order valence-corrected chi connectivity index (χ1v) is 22.0. The molecule has 0 aromatic carbocycles. The molecule has 4 N–H and O–H groups in total. The highest BCUT2D eigenvalue weighted by molar-refractivity contribution is 7.47. The van der Waals surface area contributed by atoms with Crippen LogP contribution in [0.3, 0.4) is 0 Å². The average Bonchev–Trinajstić information content (AvgIpc) is 3.13. The van der Waals surface area contributed by atoms with Crippen LogP contribution >= 0.6 is 7.82 Å². The van der Waals surface area contributed by atoms with Gasteiger partial charge in [-0.1, -0.05) is 113 Å². The molecule has 10 heteroatoms. The van der Waals surface area contributed by atoms with Crippen LogP contribution in [0, 0.1) is 0 Å². The van der Waals surface area contributed by atoms with Gasteiger partial charge in [-0.15, -0.1) is 0 Å². The summed E-state index contributed by atoms with van der Waals surface area (Å²) >= 11 is 0. The maximum Gasteiger partial charge on any atom is 0.472 e. The van der Waals surface area contributed by atoms with Crippen molar-refractivity contribution in [3.05, 3.63) is 73.1 Å². The van der Waals surface area contributed by atoms with E-state index in [0.29, 0.717) is 6.42 Å². The van der Waals surface area contributed by atoms with E-state index in [1.807, 2.05) is 13.0 Å². The first kappa shape index (κ1) is 50.7. The predicted molar refractivity (Wildman–Crippen MR) is 220 cm³/mol. The lowest BCUT2D eigenvalue weighted by Gasteiger charge is -2.19. The number of unbranched alkanes of at least 4 members (excludes halogenated alkanes) is 13. The fraction of sp³-hybridized carbons (Fsp3) is 0.698. The average molecular weight is 766 g/mol. The number of allylic oxidation sites excluding steroid dienone is 11. The minimum Gasteiger partial charge on any atom is -0.498 e. The van der Waals surface area contributed by atoms with E-state index in [0.717, 1.165) is 70.6 Å². The second-order valence-corrected chi connectivity index (χ2v) is 14.9. The molecule has 0 aliphatic carbocycles. The largest absolute Gasteiger partial charge is 0.498 e. The summed E-state index contributed by atoms with van der Waals surface area (Å²) in [6, 6.07) is 0. The highest BCUT2D eigenvalue weighted by Gasteiger charge is 2.25. The number of esters is 1. The minimum absolute atomic E-state index is 0.00680. The van der Waals surface area contributed by atoms with E-state index in [2.05, 4.69) is 67.7 Å². The van der Waals surface area contributed by atoms with Crippen LogP contribution in [0.15, 0.2) is 73.1 Å². The second kappa shape index (κ2) is 39.4. The highest BCUT2D eigenvalue weighted by atomic mass is 31.2. The van der Waals surface area contributed by atoms with Gasteiger partial charge in [0.05, 0.1) is 25.6 Å². The van der Waals surface area contributed by atoms with E-state index < -0.39 is 19.9 Å². The van der Waals surface area contributed by atoms with Crippen LogP contribution in [0.4, 0.5) is 0 Å². The predicted octanol–water partition coefficient (Wildman–Crippen LogP) is 11.3. The highest BCUT2D eigenvalue weighted by Crippen LogP contribution is 2.43. The zero-order valence-electron chi connectivity index (χ0n) is 33.3. The zero-order chi connectivity index (χ0) is 38.9. The molecule has 0 aliphatic rings. The maximum absolute atomic E-state index is 12.5. The van der Waals surface area contributed by atoms with E-state index in [9.17, 15) is 19.4 Å². The number of phosphoric acid groups is 1. The van der Waals surface area contributed by atoms with Crippen LogP contribution in [-0.4, -0.2) is 54.5 Å². The van der Waals surface area contributed by atoms with Crippen LogP contribution in [-0.2, 0) is 27.9 Å². The van der Waals surface area contributed by atoms with Crippen molar-refractivity contribution in [1.29, 1.82) is 0 Å². The molecule has 9 nitrogen and oxygen atoms in total. The first-order chi connectivity index (χ1) is 25.8. The third-order valence-corrected chi connectivity index (χ3v) is 9.16. The molecule has 0 bridgehead atoms. The van der Waals surface area contributed by atoms with Crippen molar-refractivity contribution in [2.45, 2.75) is 167 Å². The van der Waals surface area contributed by atoms with Crippen LogP contribution in [0.2, 0.25) is 0 Å². The lowest BCUT2D eigenvalue weighted by molar-refractivity contribution is -0.153. The molecule has 306 valence electrons. The Bertz CT molecular complexity index is 1050. The monoisotopic (exact) mass is 766 g/mol. The number of carbonyl (C=O) groups excluding carboxylic acids is 1. The van der Waals surface area contributed by atoms with Gasteiger partial charge in [0.25, 0.3) is 0 Å². The Morgan fingerprint density at radius 2 is 1.15 bits per heavy atom. The number of ether oxygens (including phenoxy) is 2. The van der Waals surface area contributed by atoms with E-state index in [1.54, 1.807) is 6.26 Å². The Hall–Kier alpha value is -2.26. The van der Waals surface area contributed by atoms with Crippen LogP contribution in [0.5, 0.6) is 0 Å². The molecule has 0 saturated heterocycles. The van der Waals surface area contributed by atoms with Crippen molar-refractivity contribution in [2.24, 2.45) is 5.73 Å². The molecular formula is C43H76NO8P. The number of aliphatic hydroxyl groups excluding tert-OH is 1. The summed E-state index contributed by atoms with van der Waals surface area (Å²) in [6.07, 6.45) is 47.2. The Labute approximate surface area is 323 Å². The normalized spacial score (nSPS) is 14.8. The number of hydrogen-bond donors (Lipinski definition) is 3. The standard InChI is InChI=1S/C43H76NO8P/c1-3-4-5-6-7-8-9-10-11-15-18-21-24-27-30-33-37-49-39-42(40-51-53(47,48)50-38-36-44)52-43(46)35-32-29-26-23-20-17-14-12-13-16-19-22-25-28-31-34-41(2)45/h10-11,13-14,16-17,22-23,25-26,33,37,41-42,45H,3-9,12,15,18-21,24,27-32,34-36,38-40,44H2,1-2H3,(H,47,48)/b11-10-,16-13-,17-14-,25-22-,26-23-,37-33+/t41-,42+/m0/s1. The summed E-state index contributed by atoms with van der Waals surface area (Å²) in [7, 11) is -4.32. The van der Waals surface area contributed by atoms with Crippen LogP contribution < -0.4 is 5.73 Å². The quantitative estimate of drug-likeness (QED) is 0.0184. The van der Waals surface area contributed by atoms with Gasteiger partial charge in [0.15, 0.2) is 6.10 Å². The molecule has 0 rings (SSSR count). The van der Waals surface area contributed by atoms with Crippen LogP contribution in [0.25, 0.3) is 0 Å². The van der Waals surface area contributed by atoms with Crippen molar-refractivity contribution in [1.82, 2.24) is 0 Å². The molecule has 53 heavy (non-hydrogen) atoms. The third-order valence-electron chi connectivity index (χ3n) is 8.18. The molecule has 3 atom stereocenters. The van der Waals surface area contributed by atoms with Crippen molar-refractivity contribution < 1.29 is 37.9 Å². The number of phosphoric ester groups is 1. The van der Waals surface area contributed by atoms with E-state index in [-0.39, 0.29) is 38.9 Å². The van der Waals surface area contributed by atoms with Crippen molar-refractivity contribution in [3.63, 3.8) is 0 Å². The van der Waals surface area contributed by atoms with E-state index >= 15 is 0 Å². The Morgan fingerprint density at radius 3 is 1.72 bits per heavy atom. The van der Waals surface area contributed by atoms with Gasteiger partial charge in [-0.3, -0.25) is 13.8 Å². The Morgan fingerprint density at radius 1 is 0.660 bits per heavy atom. The topological polar surface area (TPSA) is 138 Å². The minimum atomic E-state index is -4.32. The lowest BCUT2D eigenvalue weighted by Crippen LogP contribution is -2.27. The van der Waals surface area contributed by atoms with Gasteiger partial charge in [-0.25, -0.2) is 4.57 Å². The molecule has 0 aromatic heterocycles. The number of carbonyl (C=O) groups is 1. The Kier molecular flexibility index (Phi) is 37.8. The zero-order valence-corrected chi connectivity index (χ0v) is 34.2. The fourth-order valence-corrected chi connectivity index (χ4v) is 5.91. The SMILES string of the molecule is CCCCCCCC/C=C\CCCCCC/C=C/OC[C@H](COP(=O)(O)OCCN)OC(=O)CCC/C=C\C/C=C\C/C=C\C/C=C\CCC[C@H](C)O. The number of hydrogen-bond acceptors (Lipinski definition) is 8. The number of nitrogens with two attached hydrogens (primary N) is 1. The third kappa shape index (κ3) is 40.8. The number of rotatable bonds is 38. The summed E-state index contributed by atoms with van der Waals surface area (Å²) in [6.45, 7) is 3.68. The summed E-state index contributed by atoms with van der Waals surface area (Å²) in [4.78, 5) is 22.4. The molecule has 1 unspecified atom stereocenters.